The van der Waals surface area contributed by atoms with Crippen LogP contribution in [-0.2, 0) is 0 Å². The van der Waals surface area contributed by atoms with E-state index in [1.54, 1.807) is 0 Å². The average molecular weight is 372 g/mol. The molecule has 0 unspecified atom stereocenters. The number of hydrogen-bond acceptors (Lipinski definition) is 4. The molecule has 4 heterocycles. The van der Waals surface area contributed by atoms with Crippen LogP contribution in [0, 0.1) is 6.92 Å². The predicted octanol–water partition coefficient (Wildman–Crippen LogP) is 5.69. The summed E-state index contributed by atoms with van der Waals surface area (Å²) >= 11 is 1.85. The van der Waals surface area contributed by atoms with Gasteiger partial charge in [-0.15, -0.1) is 11.3 Å². The molecule has 4 aromatic heterocycles. The number of aryl methyl sites for hydroxylation is 1. The molecule has 7 heteroatoms. The minimum Gasteiger partial charge on any atom is -0.341 e. The zero-order valence-corrected chi connectivity index (χ0v) is 15.1. The molecule has 0 atom stereocenters. The molecular formula is C19H18F2N4S. The fourth-order valence-electron chi connectivity index (χ4n) is 3.15. The summed E-state index contributed by atoms with van der Waals surface area (Å²) in [6.07, 6.45) is 5.89. The van der Waals surface area contributed by atoms with E-state index in [9.17, 15) is 8.78 Å². The molecule has 134 valence electrons. The van der Waals surface area contributed by atoms with Crippen molar-refractivity contribution in [2.24, 2.45) is 0 Å². The highest BCUT2D eigenvalue weighted by Crippen LogP contribution is 2.41. The van der Waals surface area contributed by atoms with Crippen LogP contribution in [0.15, 0.2) is 30.5 Å². The van der Waals surface area contributed by atoms with Gasteiger partial charge in [-0.3, -0.25) is 0 Å². The van der Waals surface area contributed by atoms with Crippen LogP contribution < -0.4 is 0 Å². The van der Waals surface area contributed by atoms with E-state index >= 15 is 0 Å². The summed E-state index contributed by atoms with van der Waals surface area (Å²) in [7, 11) is 0. The van der Waals surface area contributed by atoms with Crippen molar-refractivity contribution in [2.45, 2.75) is 32.1 Å². The summed E-state index contributed by atoms with van der Waals surface area (Å²) in [5.74, 6) is 1.65. The van der Waals surface area contributed by atoms with Gasteiger partial charge < -0.3 is 4.98 Å². The Kier molecular flexibility index (Phi) is 4.63. The summed E-state index contributed by atoms with van der Waals surface area (Å²) in [6.45, 7) is 0.194. The first-order chi connectivity index (χ1) is 12.7. The van der Waals surface area contributed by atoms with Crippen LogP contribution >= 0.6 is 11.3 Å². The van der Waals surface area contributed by atoms with E-state index in [0.29, 0.717) is 0 Å². The maximum absolute atomic E-state index is 9.62. The molecule has 5 rings (SSSR count). The van der Waals surface area contributed by atoms with E-state index in [1.807, 2.05) is 24.5 Å². The van der Waals surface area contributed by atoms with E-state index in [1.165, 1.54) is 29.5 Å². The number of rotatable bonds is 2. The van der Waals surface area contributed by atoms with Crippen molar-refractivity contribution < 1.29 is 8.78 Å². The summed E-state index contributed by atoms with van der Waals surface area (Å²) in [5, 5.41) is 1.26. The van der Waals surface area contributed by atoms with E-state index in [-0.39, 0.29) is 0 Å². The monoisotopic (exact) mass is 372 g/mol. The van der Waals surface area contributed by atoms with Crippen LogP contribution in [0.1, 0.15) is 35.9 Å². The molecule has 26 heavy (non-hydrogen) atoms. The van der Waals surface area contributed by atoms with Gasteiger partial charge in [0.1, 0.15) is 10.7 Å². The number of aromatic nitrogens is 4. The number of hydrogen-bond donors (Lipinski definition) is 1. The summed E-state index contributed by atoms with van der Waals surface area (Å²) in [6, 6.07) is 8.67. The molecule has 0 aromatic carbocycles. The van der Waals surface area contributed by atoms with Gasteiger partial charge in [0, 0.05) is 22.0 Å². The van der Waals surface area contributed by atoms with Crippen LogP contribution in [0.4, 0.5) is 8.78 Å². The lowest BCUT2D eigenvalue weighted by Crippen LogP contribution is -2.06. The van der Waals surface area contributed by atoms with E-state index < -0.39 is 6.93 Å². The Morgan fingerprint density at radius 3 is 2.73 bits per heavy atom. The van der Waals surface area contributed by atoms with Crippen LogP contribution in [0.3, 0.4) is 0 Å². The van der Waals surface area contributed by atoms with Crippen molar-refractivity contribution in [1.29, 1.82) is 0 Å². The molecule has 0 saturated heterocycles. The largest absolute Gasteiger partial charge is 0.341 e. The van der Waals surface area contributed by atoms with Gasteiger partial charge in [0.05, 0.1) is 11.2 Å². The quantitative estimate of drug-likeness (QED) is 0.491. The normalized spacial score (nSPS) is 14.3. The summed E-state index contributed by atoms with van der Waals surface area (Å²) < 4.78 is 19.2. The van der Waals surface area contributed by atoms with Gasteiger partial charge >= 0.3 is 0 Å². The van der Waals surface area contributed by atoms with E-state index in [0.717, 1.165) is 39.0 Å². The second-order valence-corrected chi connectivity index (χ2v) is 7.45. The zero-order valence-electron chi connectivity index (χ0n) is 14.3. The van der Waals surface area contributed by atoms with Crippen LogP contribution in [0.25, 0.3) is 32.6 Å². The Morgan fingerprint density at radius 2 is 2.00 bits per heavy atom. The molecule has 0 amide bonds. The lowest BCUT2D eigenvalue weighted by atomic mass is 9.84. The number of fused-ring (bicyclic) bond motifs is 2. The first-order valence-electron chi connectivity index (χ1n) is 8.53. The molecule has 1 aliphatic rings. The summed E-state index contributed by atoms with van der Waals surface area (Å²) in [5.41, 5.74) is 3.72. The Bertz CT molecular complexity index is 1050. The Balaban J connectivity index is 0.000000527. The molecule has 1 N–H and O–H groups in total. The SMILES string of the molecule is Cc1nc2ncc(-c3ccc4cc(C5CCC5)sc4n3)cc2[nH]1.FCF. The van der Waals surface area contributed by atoms with Crippen molar-refractivity contribution in [3.8, 4) is 11.3 Å². The van der Waals surface area contributed by atoms with Crippen molar-refractivity contribution in [2.75, 3.05) is 6.93 Å². The molecule has 0 spiro atoms. The average Bonchev–Trinajstić information content (AvgIpc) is 3.14. The van der Waals surface area contributed by atoms with Crippen molar-refractivity contribution in [3.05, 3.63) is 41.2 Å². The van der Waals surface area contributed by atoms with Gasteiger partial charge in [-0.2, -0.15) is 0 Å². The highest BCUT2D eigenvalue weighted by molar-refractivity contribution is 7.18. The van der Waals surface area contributed by atoms with Crippen LogP contribution in [0.5, 0.6) is 0 Å². The van der Waals surface area contributed by atoms with Gasteiger partial charge in [0.2, 0.25) is 6.93 Å². The third-order valence-electron chi connectivity index (χ3n) is 4.66. The minimum absolute atomic E-state index is 0.760. The second kappa shape index (κ2) is 7.07. The molecular weight excluding hydrogens is 354 g/mol. The fourth-order valence-corrected chi connectivity index (χ4v) is 4.35. The number of alkyl halides is 2. The number of aromatic amines is 1. The smallest absolute Gasteiger partial charge is 0.229 e. The maximum Gasteiger partial charge on any atom is 0.229 e. The number of nitrogens with zero attached hydrogens (tertiary/aromatic N) is 3. The Labute approximate surface area is 153 Å². The third-order valence-corrected chi connectivity index (χ3v) is 5.87. The third kappa shape index (κ3) is 3.19. The van der Waals surface area contributed by atoms with E-state index in [4.69, 9.17) is 4.98 Å². The highest BCUT2D eigenvalue weighted by atomic mass is 32.1. The minimum atomic E-state index is -1.75. The fraction of sp³-hybridized carbons (Fsp3) is 0.316. The lowest BCUT2D eigenvalue weighted by molar-refractivity contribution is 0.295. The van der Waals surface area contributed by atoms with E-state index in [2.05, 4.69) is 39.2 Å². The Morgan fingerprint density at radius 1 is 1.19 bits per heavy atom. The maximum atomic E-state index is 9.62. The lowest BCUT2D eigenvalue weighted by Gasteiger charge is -2.23. The predicted molar refractivity (Wildman–Crippen MR) is 101 cm³/mol. The van der Waals surface area contributed by atoms with Crippen molar-refractivity contribution >= 4 is 32.7 Å². The number of H-pyrrole nitrogens is 1. The van der Waals surface area contributed by atoms with Crippen LogP contribution in [-0.4, -0.2) is 26.9 Å². The van der Waals surface area contributed by atoms with Gasteiger partial charge in [0.15, 0.2) is 5.65 Å². The molecule has 4 nitrogen and oxygen atoms in total. The summed E-state index contributed by atoms with van der Waals surface area (Å²) in [4.78, 5) is 19.5. The molecule has 4 aromatic rings. The highest BCUT2D eigenvalue weighted by Gasteiger charge is 2.21. The number of pyridine rings is 2. The first kappa shape index (κ1) is 17.0. The van der Waals surface area contributed by atoms with Gasteiger partial charge in [-0.05, 0) is 49.9 Å². The van der Waals surface area contributed by atoms with Gasteiger partial charge in [-0.25, -0.2) is 23.7 Å². The zero-order chi connectivity index (χ0) is 18.1. The van der Waals surface area contributed by atoms with Crippen LogP contribution in [0.2, 0.25) is 0 Å². The number of thiophene rings is 1. The molecule has 1 fully saturated rings. The number of halogens is 2. The molecule has 1 aliphatic carbocycles. The Hall–Kier alpha value is -2.41. The van der Waals surface area contributed by atoms with Crippen molar-refractivity contribution in [1.82, 2.24) is 19.9 Å². The van der Waals surface area contributed by atoms with Gasteiger partial charge in [0.25, 0.3) is 0 Å². The second-order valence-electron chi connectivity index (χ2n) is 6.39. The standard InChI is InChI=1S/C18H16N4S.CH2F2/c1-10-20-15-7-13(9-19-17(15)21-10)14-6-5-12-8-16(11-3-2-4-11)23-18(12)22-14;2-1-3/h5-9,11H,2-4H2,1H3,(H,19,20,21);1H2. The number of imidazole rings is 1. The molecule has 1 saturated carbocycles. The van der Waals surface area contributed by atoms with Gasteiger partial charge in [-0.1, -0.05) is 6.42 Å². The number of nitrogens with one attached hydrogen (secondary N) is 1. The molecule has 0 aliphatic heterocycles. The molecule has 0 bridgehead atoms. The van der Waals surface area contributed by atoms with Crippen molar-refractivity contribution in [3.63, 3.8) is 0 Å². The molecule has 0 radical (unpaired) electrons. The first-order valence-corrected chi connectivity index (χ1v) is 9.34. The topological polar surface area (TPSA) is 54.5 Å².